The van der Waals surface area contributed by atoms with Crippen molar-refractivity contribution < 1.29 is 22.7 Å². The lowest BCUT2D eigenvalue weighted by Gasteiger charge is -2.32. The Balaban J connectivity index is 2.03. The minimum absolute atomic E-state index is 0.0764. The van der Waals surface area contributed by atoms with Gasteiger partial charge in [-0.2, -0.15) is 0 Å². The molecule has 0 radical (unpaired) electrons. The molecule has 214 valence electrons. The summed E-state index contributed by atoms with van der Waals surface area (Å²) in [6.45, 7) is 7.56. The lowest BCUT2D eigenvalue weighted by atomic mass is 10.1. The number of anilines is 1. The van der Waals surface area contributed by atoms with Crippen molar-refractivity contribution in [2.75, 3.05) is 24.5 Å². The second-order valence-corrected chi connectivity index (χ2v) is 11.7. The molecule has 0 aromatic heterocycles. The quantitative estimate of drug-likeness (QED) is 0.299. The first-order chi connectivity index (χ1) is 19.1. The summed E-state index contributed by atoms with van der Waals surface area (Å²) in [5.41, 5.74) is 2.85. The van der Waals surface area contributed by atoms with E-state index in [9.17, 15) is 18.0 Å². The number of hydrogen-bond donors (Lipinski definition) is 1. The molecule has 0 aliphatic carbocycles. The van der Waals surface area contributed by atoms with Gasteiger partial charge in [-0.15, -0.1) is 0 Å². The highest BCUT2D eigenvalue weighted by Crippen LogP contribution is 2.28. The molecule has 0 fully saturated rings. The summed E-state index contributed by atoms with van der Waals surface area (Å²) >= 11 is 0. The second-order valence-electron chi connectivity index (χ2n) is 9.81. The maximum Gasteiger partial charge on any atom is 0.264 e. The van der Waals surface area contributed by atoms with E-state index in [-0.39, 0.29) is 17.3 Å². The standard InChI is InChI=1S/C31H39N3O5S/c1-6-7-18-32-31(36)25(4)33(21-26-12-11-13-27(20-26)39-5)30(35)22-34(29-17-16-23(2)19-24(29)3)40(37,38)28-14-9-8-10-15-28/h8-17,19-20,25H,6-7,18,21-22H2,1-5H3,(H,32,36)/t25-/m0/s1. The van der Waals surface area contributed by atoms with E-state index in [1.807, 2.05) is 45.0 Å². The Hall–Kier alpha value is -3.85. The number of carbonyl (C=O) groups is 2. The third-order valence-corrected chi connectivity index (χ3v) is 8.49. The van der Waals surface area contributed by atoms with E-state index < -0.39 is 28.5 Å². The molecule has 0 spiro atoms. The third kappa shape index (κ3) is 7.63. The summed E-state index contributed by atoms with van der Waals surface area (Å²) < 4.78 is 34.3. The van der Waals surface area contributed by atoms with Gasteiger partial charge in [-0.1, -0.05) is 61.4 Å². The van der Waals surface area contributed by atoms with Gasteiger partial charge in [-0.05, 0) is 68.7 Å². The van der Waals surface area contributed by atoms with Gasteiger partial charge >= 0.3 is 0 Å². The molecule has 0 heterocycles. The molecule has 2 amide bonds. The van der Waals surface area contributed by atoms with Crippen molar-refractivity contribution in [3.63, 3.8) is 0 Å². The van der Waals surface area contributed by atoms with Crippen molar-refractivity contribution in [3.05, 3.63) is 89.5 Å². The fraction of sp³-hybridized carbons (Fsp3) is 0.355. The van der Waals surface area contributed by atoms with E-state index in [1.165, 1.54) is 17.0 Å². The van der Waals surface area contributed by atoms with Crippen LogP contribution in [0.3, 0.4) is 0 Å². The Kier molecular flexibility index (Phi) is 10.7. The number of unbranched alkanes of at least 4 members (excludes halogenated alkanes) is 1. The van der Waals surface area contributed by atoms with Crippen LogP contribution in [0.2, 0.25) is 0 Å². The summed E-state index contributed by atoms with van der Waals surface area (Å²) in [7, 11) is -2.54. The van der Waals surface area contributed by atoms with Crippen molar-refractivity contribution in [1.29, 1.82) is 0 Å². The topological polar surface area (TPSA) is 96.0 Å². The SMILES string of the molecule is CCCCNC(=O)[C@H](C)N(Cc1cccc(OC)c1)C(=O)CN(c1ccc(C)cc1C)S(=O)(=O)c1ccccc1. The Labute approximate surface area is 238 Å². The molecule has 0 bridgehead atoms. The molecule has 3 aromatic rings. The Bertz CT molecular complexity index is 1410. The van der Waals surface area contributed by atoms with E-state index >= 15 is 0 Å². The molecule has 9 heteroatoms. The summed E-state index contributed by atoms with van der Waals surface area (Å²) in [5, 5.41) is 2.89. The minimum Gasteiger partial charge on any atom is -0.497 e. The highest BCUT2D eigenvalue weighted by molar-refractivity contribution is 7.92. The number of ether oxygens (including phenoxy) is 1. The van der Waals surface area contributed by atoms with Gasteiger partial charge in [-0.3, -0.25) is 13.9 Å². The van der Waals surface area contributed by atoms with Crippen molar-refractivity contribution in [3.8, 4) is 5.75 Å². The lowest BCUT2D eigenvalue weighted by Crippen LogP contribution is -2.51. The van der Waals surface area contributed by atoms with Crippen LogP contribution in [0.5, 0.6) is 5.75 Å². The van der Waals surface area contributed by atoms with Crippen molar-refractivity contribution >= 4 is 27.5 Å². The van der Waals surface area contributed by atoms with Gasteiger partial charge in [0.15, 0.2) is 0 Å². The molecule has 0 saturated carbocycles. The molecule has 0 unspecified atom stereocenters. The Morgan fingerprint density at radius 2 is 1.70 bits per heavy atom. The number of nitrogens with one attached hydrogen (secondary N) is 1. The second kappa shape index (κ2) is 14.0. The number of amides is 2. The van der Waals surface area contributed by atoms with Crippen molar-refractivity contribution in [1.82, 2.24) is 10.2 Å². The highest BCUT2D eigenvalue weighted by Gasteiger charge is 2.33. The van der Waals surface area contributed by atoms with Gasteiger partial charge in [0.25, 0.3) is 10.0 Å². The van der Waals surface area contributed by atoms with Crippen LogP contribution in [0.1, 0.15) is 43.4 Å². The zero-order chi connectivity index (χ0) is 29.3. The predicted molar refractivity (Wildman–Crippen MR) is 158 cm³/mol. The lowest BCUT2D eigenvalue weighted by molar-refractivity contribution is -0.139. The van der Waals surface area contributed by atoms with Crippen LogP contribution in [0.15, 0.2) is 77.7 Å². The highest BCUT2D eigenvalue weighted by atomic mass is 32.2. The molecule has 40 heavy (non-hydrogen) atoms. The monoisotopic (exact) mass is 565 g/mol. The normalized spacial score (nSPS) is 11.9. The number of carbonyl (C=O) groups excluding carboxylic acids is 2. The average molecular weight is 566 g/mol. The Morgan fingerprint density at radius 1 is 0.975 bits per heavy atom. The zero-order valence-corrected chi connectivity index (χ0v) is 24.7. The number of benzene rings is 3. The Morgan fingerprint density at radius 3 is 2.35 bits per heavy atom. The van der Waals surface area contributed by atoms with Crippen LogP contribution in [0, 0.1) is 13.8 Å². The largest absolute Gasteiger partial charge is 0.497 e. The first-order valence-electron chi connectivity index (χ1n) is 13.4. The molecule has 0 saturated heterocycles. The first kappa shape index (κ1) is 30.7. The molecule has 0 aliphatic rings. The smallest absolute Gasteiger partial charge is 0.264 e. The van der Waals surface area contributed by atoms with Crippen LogP contribution in [-0.4, -0.2) is 51.4 Å². The number of rotatable bonds is 13. The van der Waals surface area contributed by atoms with Crippen LogP contribution in [-0.2, 0) is 26.2 Å². The van der Waals surface area contributed by atoms with E-state index in [2.05, 4.69) is 5.32 Å². The maximum atomic E-state index is 14.0. The molecule has 1 atom stereocenters. The summed E-state index contributed by atoms with van der Waals surface area (Å²) in [4.78, 5) is 28.6. The summed E-state index contributed by atoms with van der Waals surface area (Å²) in [5.74, 6) is -0.178. The maximum absolute atomic E-state index is 14.0. The van der Waals surface area contributed by atoms with E-state index in [0.717, 1.165) is 33.8 Å². The van der Waals surface area contributed by atoms with Gasteiger partial charge < -0.3 is 15.0 Å². The zero-order valence-electron chi connectivity index (χ0n) is 23.9. The van der Waals surface area contributed by atoms with E-state index in [0.29, 0.717) is 18.0 Å². The fourth-order valence-corrected chi connectivity index (χ4v) is 5.90. The van der Waals surface area contributed by atoms with E-state index in [4.69, 9.17) is 4.74 Å². The van der Waals surface area contributed by atoms with Crippen LogP contribution >= 0.6 is 0 Å². The first-order valence-corrected chi connectivity index (χ1v) is 14.9. The average Bonchev–Trinajstić information content (AvgIpc) is 2.95. The number of sulfonamides is 1. The molecular formula is C31H39N3O5S. The van der Waals surface area contributed by atoms with Crippen molar-refractivity contribution in [2.24, 2.45) is 0 Å². The van der Waals surface area contributed by atoms with Crippen molar-refractivity contribution in [2.45, 2.75) is 58.0 Å². The number of hydrogen-bond acceptors (Lipinski definition) is 5. The molecular weight excluding hydrogens is 526 g/mol. The fourth-order valence-electron chi connectivity index (χ4n) is 4.40. The summed E-state index contributed by atoms with van der Waals surface area (Å²) in [6, 6.07) is 19.9. The van der Waals surface area contributed by atoms with Gasteiger partial charge in [0.2, 0.25) is 11.8 Å². The van der Waals surface area contributed by atoms with Gasteiger partial charge in [0, 0.05) is 13.1 Å². The molecule has 0 aliphatic heterocycles. The van der Waals surface area contributed by atoms with Crippen LogP contribution in [0.25, 0.3) is 0 Å². The minimum atomic E-state index is -4.10. The van der Waals surface area contributed by atoms with Gasteiger partial charge in [0.1, 0.15) is 18.3 Å². The molecule has 3 aromatic carbocycles. The number of aryl methyl sites for hydroxylation is 2. The third-order valence-electron chi connectivity index (χ3n) is 6.71. The summed E-state index contributed by atoms with van der Waals surface area (Å²) in [6.07, 6.45) is 1.74. The van der Waals surface area contributed by atoms with Gasteiger partial charge in [-0.25, -0.2) is 8.42 Å². The number of nitrogens with zero attached hydrogens (tertiary/aromatic N) is 2. The predicted octanol–water partition coefficient (Wildman–Crippen LogP) is 4.84. The van der Waals surface area contributed by atoms with Crippen LogP contribution < -0.4 is 14.4 Å². The van der Waals surface area contributed by atoms with E-state index in [1.54, 1.807) is 50.4 Å². The molecule has 8 nitrogen and oxygen atoms in total. The van der Waals surface area contributed by atoms with Crippen LogP contribution in [0.4, 0.5) is 5.69 Å². The molecule has 1 N–H and O–H groups in total. The number of methoxy groups -OCH3 is 1. The molecule has 3 rings (SSSR count). The van der Waals surface area contributed by atoms with Gasteiger partial charge in [0.05, 0.1) is 17.7 Å².